The van der Waals surface area contributed by atoms with E-state index in [9.17, 15) is 9.59 Å². The van der Waals surface area contributed by atoms with Crippen molar-refractivity contribution in [1.82, 2.24) is 19.6 Å². The SMILES string of the molecule is CC(c1ccsc1)N1CCN(C(=O)c2ccc(=O)n(-c3ccccc3)n2)CC1. The highest BCUT2D eigenvalue weighted by Gasteiger charge is 2.26. The van der Waals surface area contributed by atoms with Crippen LogP contribution in [0.1, 0.15) is 29.0 Å². The van der Waals surface area contributed by atoms with Crippen LogP contribution in [0.5, 0.6) is 0 Å². The summed E-state index contributed by atoms with van der Waals surface area (Å²) in [7, 11) is 0. The van der Waals surface area contributed by atoms with Gasteiger partial charge in [0, 0.05) is 38.3 Å². The molecule has 0 aliphatic carbocycles. The van der Waals surface area contributed by atoms with E-state index in [0.717, 1.165) is 13.1 Å². The van der Waals surface area contributed by atoms with Gasteiger partial charge in [0.25, 0.3) is 11.5 Å². The highest BCUT2D eigenvalue weighted by Crippen LogP contribution is 2.23. The van der Waals surface area contributed by atoms with Gasteiger partial charge in [-0.2, -0.15) is 21.1 Å². The van der Waals surface area contributed by atoms with Gasteiger partial charge in [-0.05, 0) is 47.5 Å². The topological polar surface area (TPSA) is 58.4 Å². The quantitative estimate of drug-likeness (QED) is 0.683. The van der Waals surface area contributed by atoms with Crippen molar-refractivity contribution in [3.8, 4) is 5.69 Å². The molecule has 0 N–H and O–H groups in total. The van der Waals surface area contributed by atoms with Gasteiger partial charge in [0.15, 0.2) is 0 Å². The Balaban J connectivity index is 1.47. The Labute approximate surface area is 167 Å². The predicted octanol–water partition coefficient (Wildman–Crippen LogP) is 2.81. The molecule has 0 radical (unpaired) electrons. The highest BCUT2D eigenvalue weighted by molar-refractivity contribution is 7.07. The van der Waals surface area contributed by atoms with Gasteiger partial charge in [0.2, 0.25) is 0 Å². The summed E-state index contributed by atoms with van der Waals surface area (Å²) in [5.41, 5.74) is 2.01. The Morgan fingerprint density at radius 3 is 2.46 bits per heavy atom. The first kappa shape index (κ1) is 18.6. The molecule has 0 saturated carbocycles. The number of thiophene rings is 1. The van der Waals surface area contributed by atoms with Crippen LogP contribution >= 0.6 is 11.3 Å². The van der Waals surface area contributed by atoms with Crippen LogP contribution < -0.4 is 5.56 Å². The number of hydrogen-bond donors (Lipinski definition) is 0. The number of rotatable bonds is 4. The lowest BCUT2D eigenvalue weighted by molar-refractivity contribution is 0.0575. The van der Waals surface area contributed by atoms with E-state index in [-0.39, 0.29) is 11.5 Å². The lowest BCUT2D eigenvalue weighted by Gasteiger charge is -2.37. The third-order valence-electron chi connectivity index (χ3n) is 5.19. The molecule has 1 unspecified atom stereocenters. The Bertz CT molecular complexity index is 993. The standard InChI is InChI=1S/C21H22N4O2S/c1-16(17-9-14-28-15-17)23-10-12-24(13-11-23)21(27)19-7-8-20(26)25(22-19)18-5-3-2-4-6-18/h2-9,14-16H,10-13H2,1H3. The minimum Gasteiger partial charge on any atom is -0.335 e. The summed E-state index contributed by atoms with van der Waals surface area (Å²) in [4.78, 5) is 29.3. The maximum atomic E-state index is 12.9. The molecule has 144 valence electrons. The number of amides is 1. The summed E-state index contributed by atoms with van der Waals surface area (Å²) < 4.78 is 1.28. The molecule has 1 aliphatic rings. The minimum atomic E-state index is -0.253. The van der Waals surface area contributed by atoms with Crippen molar-refractivity contribution in [2.45, 2.75) is 13.0 Å². The lowest BCUT2D eigenvalue weighted by Crippen LogP contribution is -2.49. The van der Waals surface area contributed by atoms with Gasteiger partial charge in [-0.1, -0.05) is 18.2 Å². The molecule has 3 aromatic rings. The van der Waals surface area contributed by atoms with Gasteiger partial charge in [-0.25, -0.2) is 0 Å². The van der Waals surface area contributed by atoms with E-state index in [1.807, 2.05) is 23.1 Å². The molecule has 1 amide bonds. The average molecular weight is 395 g/mol. The van der Waals surface area contributed by atoms with Crippen LogP contribution in [0.15, 0.2) is 64.1 Å². The molecule has 2 aromatic heterocycles. The molecule has 4 rings (SSSR count). The van der Waals surface area contributed by atoms with Crippen LogP contribution in [0.4, 0.5) is 0 Å². The third kappa shape index (κ3) is 3.76. The van der Waals surface area contributed by atoms with Crippen molar-refractivity contribution >= 4 is 17.2 Å². The summed E-state index contributed by atoms with van der Waals surface area (Å²) in [6.07, 6.45) is 0. The number of piperazine rings is 1. The number of benzene rings is 1. The molecule has 1 atom stereocenters. The zero-order valence-corrected chi connectivity index (χ0v) is 16.5. The normalized spacial score (nSPS) is 16.1. The van der Waals surface area contributed by atoms with Gasteiger partial charge in [0.05, 0.1) is 5.69 Å². The van der Waals surface area contributed by atoms with Crippen LogP contribution in [0.3, 0.4) is 0 Å². The molecule has 1 fully saturated rings. The smallest absolute Gasteiger partial charge is 0.274 e. The molecule has 0 bridgehead atoms. The number of hydrogen-bond acceptors (Lipinski definition) is 5. The van der Waals surface area contributed by atoms with Crippen LogP contribution in [0.2, 0.25) is 0 Å². The van der Waals surface area contributed by atoms with E-state index in [4.69, 9.17) is 0 Å². The minimum absolute atomic E-state index is 0.132. The van der Waals surface area contributed by atoms with Crippen LogP contribution in [0.25, 0.3) is 5.69 Å². The Morgan fingerprint density at radius 1 is 1.04 bits per heavy atom. The highest BCUT2D eigenvalue weighted by atomic mass is 32.1. The van der Waals surface area contributed by atoms with Crippen molar-refractivity contribution in [3.63, 3.8) is 0 Å². The Morgan fingerprint density at radius 2 is 1.79 bits per heavy atom. The fourth-order valence-corrected chi connectivity index (χ4v) is 4.22. The summed E-state index contributed by atoms with van der Waals surface area (Å²) in [5.74, 6) is -0.132. The second-order valence-electron chi connectivity index (χ2n) is 6.86. The van der Waals surface area contributed by atoms with Gasteiger partial charge in [0.1, 0.15) is 5.69 Å². The van der Waals surface area contributed by atoms with E-state index < -0.39 is 0 Å². The zero-order chi connectivity index (χ0) is 19.5. The summed E-state index contributed by atoms with van der Waals surface area (Å²) >= 11 is 1.71. The number of carbonyl (C=O) groups excluding carboxylic acids is 1. The molecule has 1 saturated heterocycles. The van der Waals surface area contributed by atoms with Crippen molar-refractivity contribution < 1.29 is 4.79 Å². The van der Waals surface area contributed by atoms with Gasteiger partial charge in [-0.15, -0.1) is 0 Å². The summed E-state index contributed by atoms with van der Waals surface area (Å²) in [5, 5.41) is 8.59. The molecular weight excluding hydrogens is 372 g/mol. The summed E-state index contributed by atoms with van der Waals surface area (Å²) in [6, 6.07) is 14.6. The Hall–Kier alpha value is -2.77. The number of aromatic nitrogens is 2. The Kier molecular flexibility index (Phi) is 5.36. The average Bonchev–Trinajstić information content (AvgIpc) is 3.29. The molecule has 1 aromatic carbocycles. The number of nitrogens with zero attached hydrogens (tertiary/aromatic N) is 4. The first-order valence-electron chi connectivity index (χ1n) is 9.35. The lowest BCUT2D eigenvalue weighted by atomic mass is 10.1. The molecule has 3 heterocycles. The predicted molar refractivity (Wildman–Crippen MR) is 110 cm³/mol. The maximum Gasteiger partial charge on any atom is 0.274 e. The molecule has 28 heavy (non-hydrogen) atoms. The van der Waals surface area contributed by atoms with Crippen LogP contribution in [-0.2, 0) is 0 Å². The maximum absolute atomic E-state index is 12.9. The number of carbonyl (C=O) groups is 1. The van der Waals surface area contributed by atoms with Gasteiger partial charge in [-0.3, -0.25) is 14.5 Å². The van der Waals surface area contributed by atoms with Gasteiger partial charge >= 0.3 is 0 Å². The first-order chi connectivity index (χ1) is 13.6. The van der Waals surface area contributed by atoms with Crippen LogP contribution in [0, 0.1) is 0 Å². The second-order valence-corrected chi connectivity index (χ2v) is 7.65. The number of para-hydroxylation sites is 1. The molecule has 1 aliphatic heterocycles. The largest absolute Gasteiger partial charge is 0.335 e. The second kappa shape index (κ2) is 8.08. The van der Waals surface area contributed by atoms with Crippen molar-refractivity contribution in [1.29, 1.82) is 0 Å². The molecule has 6 nitrogen and oxygen atoms in total. The van der Waals surface area contributed by atoms with Crippen molar-refractivity contribution in [2.24, 2.45) is 0 Å². The van der Waals surface area contributed by atoms with Gasteiger partial charge < -0.3 is 4.90 Å². The molecule has 0 spiro atoms. The fourth-order valence-electron chi connectivity index (χ4n) is 3.48. The third-order valence-corrected chi connectivity index (χ3v) is 5.90. The van der Waals surface area contributed by atoms with E-state index in [1.165, 1.54) is 22.4 Å². The van der Waals surface area contributed by atoms with Crippen molar-refractivity contribution in [3.05, 3.63) is 80.9 Å². The van der Waals surface area contributed by atoms with E-state index >= 15 is 0 Å². The van der Waals surface area contributed by atoms with E-state index in [2.05, 4.69) is 33.7 Å². The molecular formula is C21H22N4O2S. The first-order valence-corrected chi connectivity index (χ1v) is 10.3. The van der Waals surface area contributed by atoms with E-state index in [1.54, 1.807) is 23.5 Å². The molecule has 7 heteroatoms. The van der Waals surface area contributed by atoms with Crippen molar-refractivity contribution in [2.75, 3.05) is 26.2 Å². The van der Waals surface area contributed by atoms with Crippen LogP contribution in [-0.4, -0.2) is 51.7 Å². The zero-order valence-electron chi connectivity index (χ0n) is 15.7. The summed E-state index contributed by atoms with van der Waals surface area (Å²) in [6.45, 7) is 5.15. The monoisotopic (exact) mass is 394 g/mol. The fraction of sp³-hybridized carbons (Fsp3) is 0.286. The van der Waals surface area contributed by atoms with E-state index in [0.29, 0.717) is 30.5 Å².